The van der Waals surface area contributed by atoms with Crippen LogP contribution in [-0.4, -0.2) is 11.2 Å². The van der Waals surface area contributed by atoms with Gasteiger partial charge in [-0.1, -0.05) is 55.5 Å². The molecule has 0 saturated heterocycles. The fourth-order valence-electron chi connectivity index (χ4n) is 1.41. The second-order valence-corrected chi connectivity index (χ2v) is 3.68. The molecule has 1 atom stereocenters. The molecule has 0 fully saturated rings. The van der Waals surface area contributed by atoms with Gasteiger partial charge in [0.2, 0.25) is 0 Å². The molecule has 17 heavy (non-hydrogen) atoms. The summed E-state index contributed by atoms with van der Waals surface area (Å²) in [6, 6.07) is 0. The van der Waals surface area contributed by atoms with Crippen molar-refractivity contribution in [3.63, 3.8) is 0 Å². The standard InChI is InChI=1S/C16H24O/c1-5-9-11-13-15(8-4)16(17)14(7-3)12-10-6-2/h5,7-13,16-17H,6H2,1-4H3/b9-5-,12-10-,13-11-,14-7+,15-8+. The van der Waals surface area contributed by atoms with E-state index in [0.717, 1.165) is 17.6 Å². The van der Waals surface area contributed by atoms with Crippen molar-refractivity contribution in [1.29, 1.82) is 0 Å². The first kappa shape index (κ1) is 15.7. The third kappa shape index (κ3) is 6.08. The van der Waals surface area contributed by atoms with Gasteiger partial charge in [-0.3, -0.25) is 0 Å². The molecule has 0 rings (SSSR count). The monoisotopic (exact) mass is 232 g/mol. The smallest absolute Gasteiger partial charge is 0.103 e. The van der Waals surface area contributed by atoms with Gasteiger partial charge in [-0.15, -0.1) is 0 Å². The van der Waals surface area contributed by atoms with Crippen molar-refractivity contribution < 1.29 is 5.11 Å². The number of allylic oxidation sites excluding steroid dienone is 6. The third-order valence-electron chi connectivity index (χ3n) is 2.44. The molecule has 0 aliphatic carbocycles. The Kier molecular flexibility index (Phi) is 9.08. The van der Waals surface area contributed by atoms with Gasteiger partial charge < -0.3 is 5.11 Å². The second-order valence-electron chi connectivity index (χ2n) is 3.68. The summed E-state index contributed by atoms with van der Waals surface area (Å²) in [5.74, 6) is 0. The normalized spacial score (nSPS) is 16.5. The zero-order valence-corrected chi connectivity index (χ0v) is 11.4. The minimum absolute atomic E-state index is 0.547. The number of hydrogen-bond donors (Lipinski definition) is 1. The Bertz CT molecular complexity index is 341. The first-order valence-corrected chi connectivity index (χ1v) is 6.17. The number of aliphatic hydroxyl groups excluding tert-OH is 1. The van der Waals surface area contributed by atoms with Crippen molar-refractivity contribution in [2.45, 2.75) is 40.2 Å². The Hall–Kier alpha value is -1.34. The van der Waals surface area contributed by atoms with Crippen molar-refractivity contribution in [3.05, 3.63) is 59.8 Å². The minimum atomic E-state index is -0.547. The van der Waals surface area contributed by atoms with E-state index in [0.29, 0.717) is 0 Å². The SMILES string of the molecule is C\C=C/C=C\C(=C/C)C(O)C(/C=C\CC)=C/C. The van der Waals surface area contributed by atoms with Crippen LogP contribution >= 0.6 is 0 Å². The van der Waals surface area contributed by atoms with Gasteiger partial charge in [-0.25, -0.2) is 0 Å². The highest BCUT2D eigenvalue weighted by Gasteiger charge is 2.09. The average Bonchev–Trinajstić information content (AvgIpc) is 2.35. The summed E-state index contributed by atoms with van der Waals surface area (Å²) in [6.45, 7) is 7.94. The number of hydrogen-bond acceptors (Lipinski definition) is 1. The van der Waals surface area contributed by atoms with Gasteiger partial charge in [0, 0.05) is 0 Å². The molecule has 1 unspecified atom stereocenters. The van der Waals surface area contributed by atoms with E-state index in [2.05, 4.69) is 13.0 Å². The highest BCUT2D eigenvalue weighted by molar-refractivity contribution is 5.37. The van der Waals surface area contributed by atoms with Crippen LogP contribution in [0.2, 0.25) is 0 Å². The lowest BCUT2D eigenvalue weighted by molar-refractivity contribution is 0.254. The molecule has 0 radical (unpaired) electrons. The van der Waals surface area contributed by atoms with E-state index in [1.807, 2.05) is 63.3 Å². The zero-order valence-electron chi connectivity index (χ0n) is 11.4. The molecule has 0 bridgehead atoms. The number of aliphatic hydroxyl groups is 1. The molecule has 94 valence electrons. The summed E-state index contributed by atoms with van der Waals surface area (Å²) in [5, 5.41) is 10.2. The van der Waals surface area contributed by atoms with E-state index in [1.165, 1.54) is 0 Å². The second kappa shape index (κ2) is 9.86. The highest BCUT2D eigenvalue weighted by Crippen LogP contribution is 2.15. The van der Waals surface area contributed by atoms with Gasteiger partial charge in [0.05, 0.1) is 0 Å². The van der Waals surface area contributed by atoms with Gasteiger partial charge >= 0.3 is 0 Å². The Morgan fingerprint density at radius 1 is 1.00 bits per heavy atom. The van der Waals surface area contributed by atoms with Crippen LogP contribution in [0.3, 0.4) is 0 Å². The van der Waals surface area contributed by atoms with Crippen LogP contribution in [0.4, 0.5) is 0 Å². The van der Waals surface area contributed by atoms with E-state index < -0.39 is 6.10 Å². The maximum absolute atomic E-state index is 10.2. The van der Waals surface area contributed by atoms with Crippen LogP contribution in [0, 0.1) is 0 Å². The summed E-state index contributed by atoms with van der Waals surface area (Å²) in [4.78, 5) is 0. The Morgan fingerprint density at radius 3 is 2.06 bits per heavy atom. The topological polar surface area (TPSA) is 20.2 Å². The van der Waals surface area contributed by atoms with Crippen LogP contribution in [0.15, 0.2) is 59.8 Å². The molecule has 0 aliphatic rings. The predicted molar refractivity (Wildman–Crippen MR) is 76.9 cm³/mol. The van der Waals surface area contributed by atoms with Crippen LogP contribution < -0.4 is 0 Å². The lowest BCUT2D eigenvalue weighted by atomic mass is 10.00. The Morgan fingerprint density at radius 2 is 1.59 bits per heavy atom. The molecule has 0 aromatic rings. The first-order valence-electron chi connectivity index (χ1n) is 6.17. The molecule has 0 aromatic carbocycles. The lowest BCUT2D eigenvalue weighted by Gasteiger charge is -2.13. The maximum Gasteiger partial charge on any atom is 0.103 e. The van der Waals surface area contributed by atoms with Crippen LogP contribution in [0.25, 0.3) is 0 Å². The van der Waals surface area contributed by atoms with Gasteiger partial charge in [-0.05, 0) is 38.3 Å². The van der Waals surface area contributed by atoms with Crippen molar-refractivity contribution in [1.82, 2.24) is 0 Å². The third-order valence-corrected chi connectivity index (χ3v) is 2.44. The summed E-state index contributed by atoms with van der Waals surface area (Å²) in [6.07, 6.45) is 16.1. The van der Waals surface area contributed by atoms with E-state index in [4.69, 9.17) is 0 Å². The molecule has 0 aromatic heterocycles. The maximum atomic E-state index is 10.2. The van der Waals surface area contributed by atoms with E-state index in [9.17, 15) is 5.11 Å². The van der Waals surface area contributed by atoms with Crippen molar-refractivity contribution in [2.75, 3.05) is 0 Å². The van der Waals surface area contributed by atoms with E-state index in [1.54, 1.807) is 0 Å². The summed E-state index contributed by atoms with van der Waals surface area (Å²) >= 11 is 0. The lowest BCUT2D eigenvalue weighted by Crippen LogP contribution is -2.11. The van der Waals surface area contributed by atoms with Gasteiger partial charge in [0.25, 0.3) is 0 Å². The largest absolute Gasteiger partial charge is 0.384 e. The van der Waals surface area contributed by atoms with Gasteiger partial charge in [0.15, 0.2) is 0 Å². The highest BCUT2D eigenvalue weighted by atomic mass is 16.3. The molecular formula is C16H24O. The molecule has 0 spiro atoms. The molecule has 0 heterocycles. The van der Waals surface area contributed by atoms with Crippen LogP contribution in [0.1, 0.15) is 34.1 Å². The molecule has 1 heteroatoms. The summed E-state index contributed by atoms with van der Waals surface area (Å²) < 4.78 is 0. The summed E-state index contributed by atoms with van der Waals surface area (Å²) in [7, 11) is 0. The van der Waals surface area contributed by atoms with E-state index in [-0.39, 0.29) is 0 Å². The fourth-order valence-corrected chi connectivity index (χ4v) is 1.41. The first-order chi connectivity index (χ1) is 8.21. The zero-order chi connectivity index (χ0) is 13.1. The number of rotatable bonds is 6. The molecule has 1 N–H and O–H groups in total. The predicted octanol–water partition coefficient (Wildman–Crippen LogP) is 4.34. The quantitative estimate of drug-likeness (QED) is 0.675. The molecule has 0 aliphatic heterocycles. The van der Waals surface area contributed by atoms with Crippen LogP contribution in [-0.2, 0) is 0 Å². The van der Waals surface area contributed by atoms with Crippen molar-refractivity contribution >= 4 is 0 Å². The summed E-state index contributed by atoms with van der Waals surface area (Å²) in [5.41, 5.74) is 1.85. The molecular weight excluding hydrogens is 208 g/mol. The minimum Gasteiger partial charge on any atom is -0.384 e. The fraction of sp³-hybridized carbons (Fsp3) is 0.375. The van der Waals surface area contributed by atoms with Crippen molar-refractivity contribution in [3.8, 4) is 0 Å². The molecule has 0 saturated carbocycles. The van der Waals surface area contributed by atoms with Gasteiger partial charge in [-0.2, -0.15) is 0 Å². The van der Waals surface area contributed by atoms with E-state index >= 15 is 0 Å². The molecule has 1 nitrogen and oxygen atoms in total. The Labute approximate surface area is 106 Å². The average molecular weight is 232 g/mol. The molecule has 0 amide bonds. The van der Waals surface area contributed by atoms with Crippen LogP contribution in [0.5, 0.6) is 0 Å². The van der Waals surface area contributed by atoms with Gasteiger partial charge in [0.1, 0.15) is 6.10 Å². The Balaban J connectivity index is 4.85. The van der Waals surface area contributed by atoms with Crippen molar-refractivity contribution in [2.24, 2.45) is 0 Å².